The Hall–Kier alpha value is -5.59. The van der Waals surface area contributed by atoms with Crippen LogP contribution in [0.5, 0.6) is 0 Å². The molecule has 1 saturated heterocycles. The number of benzene rings is 3. The van der Waals surface area contributed by atoms with Crippen LogP contribution >= 0.6 is 11.3 Å². The number of fused-ring (bicyclic) bond motifs is 1. The smallest absolute Gasteiger partial charge is 0.320 e. The molecule has 0 saturated carbocycles. The van der Waals surface area contributed by atoms with E-state index in [1.807, 2.05) is 72.2 Å². The highest BCUT2D eigenvalue weighted by Crippen LogP contribution is 2.35. The molecule has 8 rings (SSSR count). The molecule has 4 aromatic heterocycles. The van der Waals surface area contributed by atoms with Crippen molar-refractivity contribution in [2.24, 2.45) is 0 Å². The lowest BCUT2D eigenvalue weighted by Crippen LogP contribution is -2.46. The number of likely N-dealkylation sites (N-methyl/N-ethyl adjacent to an activating group) is 1. The van der Waals surface area contributed by atoms with Crippen LogP contribution in [0.15, 0.2) is 107 Å². The minimum Gasteiger partial charge on any atom is -0.403 e. The minimum absolute atomic E-state index is 0.311. The fourth-order valence-corrected chi connectivity index (χ4v) is 6.54. The molecule has 2 N–H and O–H groups in total. The van der Waals surface area contributed by atoms with E-state index in [-0.39, 0.29) is 0 Å². The van der Waals surface area contributed by atoms with Gasteiger partial charge in [0.05, 0.1) is 11.4 Å². The second-order valence-electron chi connectivity index (χ2n) is 11.2. The number of hydrogen-bond acceptors (Lipinski definition) is 11. The first kappa shape index (κ1) is 28.9. The quantitative estimate of drug-likeness (QED) is 0.168. The van der Waals surface area contributed by atoms with Crippen LogP contribution in [0.3, 0.4) is 0 Å². The van der Waals surface area contributed by atoms with E-state index in [0.29, 0.717) is 17.9 Å². The second-order valence-corrected chi connectivity index (χ2v) is 12.1. The summed E-state index contributed by atoms with van der Waals surface area (Å²) in [4.78, 5) is 20.3. The number of rotatable bonds is 9. The molecule has 0 bridgehead atoms. The Balaban J connectivity index is 1.04. The van der Waals surface area contributed by atoms with Crippen molar-refractivity contribution in [1.82, 2.24) is 34.4 Å². The minimum atomic E-state index is 0.311. The van der Waals surface area contributed by atoms with Crippen LogP contribution in [-0.4, -0.2) is 67.2 Å². The van der Waals surface area contributed by atoms with Crippen molar-refractivity contribution in [2.45, 2.75) is 6.92 Å². The van der Waals surface area contributed by atoms with Crippen molar-refractivity contribution in [3.8, 4) is 34.1 Å². The molecule has 1 aliphatic heterocycles. The number of thiazole rings is 1. The van der Waals surface area contributed by atoms with E-state index in [9.17, 15) is 0 Å². The molecule has 47 heavy (non-hydrogen) atoms. The van der Waals surface area contributed by atoms with Crippen LogP contribution in [0.4, 0.5) is 29.0 Å². The van der Waals surface area contributed by atoms with Crippen molar-refractivity contribution in [3.05, 3.63) is 103 Å². The first-order chi connectivity index (χ1) is 23.2. The molecule has 0 spiro atoms. The Morgan fingerprint density at radius 3 is 2.47 bits per heavy atom. The van der Waals surface area contributed by atoms with Crippen LogP contribution in [0, 0.1) is 0 Å². The van der Waals surface area contributed by atoms with Crippen molar-refractivity contribution in [3.63, 3.8) is 0 Å². The van der Waals surface area contributed by atoms with Gasteiger partial charge in [-0.3, -0.25) is 4.40 Å². The van der Waals surface area contributed by atoms with E-state index >= 15 is 0 Å². The van der Waals surface area contributed by atoms with Gasteiger partial charge in [0.2, 0.25) is 11.8 Å². The van der Waals surface area contributed by atoms with E-state index in [1.54, 1.807) is 17.5 Å². The molecule has 0 aliphatic carbocycles. The van der Waals surface area contributed by atoms with Crippen molar-refractivity contribution < 1.29 is 4.42 Å². The number of piperazine rings is 1. The topological polar surface area (TPSA) is 113 Å². The van der Waals surface area contributed by atoms with Gasteiger partial charge >= 0.3 is 6.01 Å². The Bertz CT molecular complexity index is 2110. The Kier molecular flexibility index (Phi) is 7.77. The summed E-state index contributed by atoms with van der Waals surface area (Å²) in [5.74, 6) is 0.972. The molecule has 11 nitrogen and oxygen atoms in total. The highest BCUT2D eigenvalue weighted by molar-refractivity contribution is 7.15. The van der Waals surface area contributed by atoms with Gasteiger partial charge in [-0.1, -0.05) is 42.4 Å². The van der Waals surface area contributed by atoms with Crippen molar-refractivity contribution >= 4 is 45.3 Å². The molecular weight excluding hydrogens is 609 g/mol. The van der Waals surface area contributed by atoms with E-state index in [4.69, 9.17) is 14.4 Å². The van der Waals surface area contributed by atoms with Crippen LogP contribution in [0.25, 0.3) is 39.1 Å². The molecule has 0 radical (unpaired) electrons. The van der Waals surface area contributed by atoms with Gasteiger partial charge < -0.3 is 24.9 Å². The molecule has 0 unspecified atom stereocenters. The lowest BCUT2D eigenvalue weighted by molar-refractivity contribution is 0.271. The summed E-state index contributed by atoms with van der Waals surface area (Å²) in [7, 11) is 0. The number of imidazole rings is 1. The summed E-state index contributed by atoms with van der Waals surface area (Å²) >= 11 is 1.58. The fraction of sp³-hybridized carbons (Fsp3) is 0.171. The van der Waals surface area contributed by atoms with E-state index in [0.717, 1.165) is 77.3 Å². The molecule has 3 aromatic carbocycles. The molecule has 1 fully saturated rings. The summed E-state index contributed by atoms with van der Waals surface area (Å²) in [6, 6.07) is 28.4. The summed E-state index contributed by atoms with van der Waals surface area (Å²) in [5, 5.41) is 17.0. The molecule has 5 heterocycles. The van der Waals surface area contributed by atoms with E-state index in [2.05, 4.69) is 71.2 Å². The van der Waals surface area contributed by atoms with Crippen LogP contribution in [-0.2, 0) is 0 Å². The van der Waals surface area contributed by atoms with Gasteiger partial charge in [0, 0.05) is 72.1 Å². The SMILES string of the molecule is CCN1CCN(c2ccc(Nc3nccc(-c4c(-c5cccc(Nc6nnc(-c7ccccc7)o6)c5)nc5sccn45)n3)cc2)CC1. The zero-order valence-electron chi connectivity index (χ0n) is 25.7. The monoisotopic (exact) mass is 640 g/mol. The first-order valence-electron chi connectivity index (χ1n) is 15.6. The maximum Gasteiger partial charge on any atom is 0.320 e. The fourth-order valence-electron chi connectivity index (χ4n) is 5.83. The predicted octanol–water partition coefficient (Wildman–Crippen LogP) is 7.20. The summed E-state index contributed by atoms with van der Waals surface area (Å²) in [6.45, 7) is 7.61. The maximum atomic E-state index is 5.88. The number of hydrogen-bond donors (Lipinski definition) is 2. The van der Waals surface area contributed by atoms with E-state index in [1.165, 1.54) is 5.69 Å². The Morgan fingerprint density at radius 2 is 1.64 bits per heavy atom. The third-order valence-electron chi connectivity index (χ3n) is 8.30. The average molecular weight is 641 g/mol. The lowest BCUT2D eigenvalue weighted by atomic mass is 10.1. The third kappa shape index (κ3) is 6.03. The van der Waals surface area contributed by atoms with Crippen LogP contribution in [0.1, 0.15) is 6.92 Å². The average Bonchev–Trinajstić information content (AvgIpc) is 3.87. The zero-order valence-corrected chi connectivity index (χ0v) is 26.6. The molecule has 234 valence electrons. The highest BCUT2D eigenvalue weighted by Gasteiger charge is 2.20. The Morgan fingerprint density at radius 1 is 0.809 bits per heavy atom. The molecule has 12 heteroatoms. The number of aromatic nitrogens is 6. The van der Waals surface area contributed by atoms with Crippen LogP contribution < -0.4 is 15.5 Å². The van der Waals surface area contributed by atoms with E-state index < -0.39 is 0 Å². The van der Waals surface area contributed by atoms with Gasteiger partial charge in [0.1, 0.15) is 5.69 Å². The molecule has 0 amide bonds. The first-order valence-corrected chi connectivity index (χ1v) is 16.5. The normalized spacial score (nSPS) is 13.7. The van der Waals surface area contributed by atoms with Gasteiger partial charge in [-0.25, -0.2) is 15.0 Å². The van der Waals surface area contributed by atoms with Gasteiger partial charge in [-0.05, 0) is 61.1 Å². The van der Waals surface area contributed by atoms with Gasteiger partial charge in [0.25, 0.3) is 0 Å². The van der Waals surface area contributed by atoms with Crippen molar-refractivity contribution in [2.75, 3.05) is 48.3 Å². The Labute approximate surface area is 275 Å². The molecule has 7 aromatic rings. The predicted molar refractivity (Wildman–Crippen MR) is 187 cm³/mol. The lowest BCUT2D eigenvalue weighted by Gasteiger charge is -2.35. The largest absolute Gasteiger partial charge is 0.403 e. The maximum absolute atomic E-state index is 5.88. The summed E-state index contributed by atoms with van der Waals surface area (Å²) in [6.07, 6.45) is 3.80. The molecular formula is C35H32N10OS. The number of nitrogens with zero attached hydrogens (tertiary/aromatic N) is 8. The molecule has 0 atom stereocenters. The van der Waals surface area contributed by atoms with Gasteiger partial charge in [0.15, 0.2) is 4.96 Å². The number of anilines is 5. The third-order valence-corrected chi connectivity index (χ3v) is 9.06. The van der Waals surface area contributed by atoms with Crippen molar-refractivity contribution in [1.29, 1.82) is 0 Å². The zero-order chi connectivity index (χ0) is 31.6. The highest BCUT2D eigenvalue weighted by atomic mass is 32.1. The second kappa shape index (κ2) is 12.7. The van der Waals surface area contributed by atoms with Gasteiger partial charge in [-0.2, -0.15) is 0 Å². The number of nitrogens with one attached hydrogen (secondary N) is 2. The summed E-state index contributed by atoms with van der Waals surface area (Å²) < 4.78 is 7.95. The summed E-state index contributed by atoms with van der Waals surface area (Å²) in [5.41, 5.74) is 7.21. The van der Waals surface area contributed by atoms with Gasteiger partial charge in [-0.15, -0.1) is 16.4 Å². The van der Waals surface area contributed by atoms with Crippen LogP contribution in [0.2, 0.25) is 0 Å². The molecule has 1 aliphatic rings. The standard InChI is InChI=1S/C35H32N10OS/c1-2-43-17-19-44(20-18-43)28-13-11-26(12-14-28)37-33-36-16-15-29(39-33)31-30(40-35-45(31)21-22-47-35)25-9-6-10-27(23-25)38-34-42-41-32(46-34)24-7-4-3-5-8-24/h3-16,21-23H,2,17-20H2,1H3,(H,38,42)(H,36,37,39).